The number of cyclic esters (lactones) is 2. The number of rotatable bonds is 1. The largest absolute Gasteiger partial charge is 0.419 e. The maximum atomic E-state index is 13.2. The molecule has 0 radical (unpaired) electrons. The summed E-state index contributed by atoms with van der Waals surface area (Å²) in [6.45, 7) is 2.42. The normalized spacial score (nSPS) is 17.7. The van der Waals surface area contributed by atoms with Crippen LogP contribution in [0.5, 0.6) is 0 Å². The second-order valence-electron chi connectivity index (χ2n) is 5.65. The molecule has 0 aliphatic carbocycles. The van der Waals surface area contributed by atoms with Gasteiger partial charge in [0, 0.05) is 18.3 Å². The van der Waals surface area contributed by atoms with Gasteiger partial charge in [-0.05, 0) is 23.8 Å². The number of esters is 2. The first-order chi connectivity index (χ1) is 11.6. The van der Waals surface area contributed by atoms with E-state index in [1.165, 1.54) is 13.8 Å². The van der Waals surface area contributed by atoms with Crippen LogP contribution in [0.25, 0.3) is 6.08 Å². The molecule has 1 saturated heterocycles. The maximum Gasteiger partial charge on any atom is 0.417 e. The molecule has 11 heteroatoms. The summed E-state index contributed by atoms with van der Waals surface area (Å²) < 4.78 is 87.0. The van der Waals surface area contributed by atoms with Crippen molar-refractivity contribution in [2.75, 3.05) is 0 Å². The van der Waals surface area contributed by atoms with E-state index < -0.39 is 56.8 Å². The lowest BCUT2D eigenvalue weighted by atomic mass is 10.00. The summed E-state index contributed by atoms with van der Waals surface area (Å²) in [5.74, 6) is -4.26. The molecule has 4 nitrogen and oxygen atoms in total. The highest BCUT2D eigenvalue weighted by Crippen LogP contribution is 2.41. The van der Waals surface area contributed by atoms with Gasteiger partial charge in [0.15, 0.2) is 0 Å². The fourth-order valence-electron chi connectivity index (χ4n) is 2.11. The van der Waals surface area contributed by atoms with Gasteiger partial charge in [-0.2, -0.15) is 26.3 Å². The molecule has 1 aromatic carbocycles. The molecular formula is C15H9BrF6O4. The molecule has 2 rings (SSSR count). The van der Waals surface area contributed by atoms with E-state index in [0.29, 0.717) is 6.08 Å². The Kier molecular flexibility index (Phi) is 4.90. The number of benzene rings is 1. The van der Waals surface area contributed by atoms with Crippen LogP contribution in [0.3, 0.4) is 0 Å². The van der Waals surface area contributed by atoms with Gasteiger partial charge in [0.25, 0.3) is 5.79 Å². The van der Waals surface area contributed by atoms with Gasteiger partial charge in [0.05, 0.1) is 11.1 Å². The molecule has 1 heterocycles. The summed E-state index contributed by atoms with van der Waals surface area (Å²) in [6, 6.07) is 0.402. The van der Waals surface area contributed by atoms with E-state index in [-0.39, 0.29) is 12.1 Å². The van der Waals surface area contributed by atoms with Crippen molar-refractivity contribution in [2.45, 2.75) is 32.0 Å². The number of ether oxygens (including phenoxy) is 2. The van der Waals surface area contributed by atoms with Crippen LogP contribution in [0.2, 0.25) is 0 Å². The fourth-order valence-corrected chi connectivity index (χ4v) is 2.67. The topological polar surface area (TPSA) is 52.6 Å². The lowest BCUT2D eigenvalue weighted by Gasteiger charge is -2.30. The molecule has 0 aromatic heterocycles. The minimum atomic E-state index is -5.04. The zero-order chi connectivity index (χ0) is 20.1. The Morgan fingerprint density at radius 3 is 1.81 bits per heavy atom. The standard InChI is InChI=1S/C15H9BrF6O4/c1-13(2)25-11(23)7(12(24)26-13)3-6-4-9(15(20,21)22)10(16)5-8(6)14(17,18)19/h3-5H,1-2H3. The summed E-state index contributed by atoms with van der Waals surface area (Å²) in [4.78, 5) is 23.7. The van der Waals surface area contributed by atoms with Crippen LogP contribution in [0.1, 0.15) is 30.5 Å². The molecule has 1 aromatic rings. The molecule has 0 bridgehead atoms. The zero-order valence-electron chi connectivity index (χ0n) is 13.0. The molecular weight excluding hydrogens is 438 g/mol. The molecule has 1 aliphatic heterocycles. The van der Waals surface area contributed by atoms with E-state index in [1.54, 1.807) is 0 Å². The highest BCUT2D eigenvalue weighted by atomic mass is 79.9. The minimum Gasteiger partial charge on any atom is -0.419 e. The molecule has 26 heavy (non-hydrogen) atoms. The Hall–Kier alpha value is -2.04. The first-order valence-corrected chi connectivity index (χ1v) is 7.57. The Labute approximate surface area is 150 Å². The molecule has 1 fully saturated rings. The number of carbonyl (C=O) groups is 2. The van der Waals surface area contributed by atoms with Crippen LogP contribution >= 0.6 is 15.9 Å². The summed E-state index contributed by atoms with van der Waals surface area (Å²) in [5, 5.41) is 0. The van der Waals surface area contributed by atoms with Crippen LogP contribution in [0.15, 0.2) is 22.2 Å². The third kappa shape index (κ3) is 4.19. The Morgan fingerprint density at radius 1 is 0.923 bits per heavy atom. The zero-order valence-corrected chi connectivity index (χ0v) is 14.6. The van der Waals surface area contributed by atoms with Crippen molar-refractivity contribution in [3.05, 3.63) is 38.9 Å². The van der Waals surface area contributed by atoms with Crippen molar-refractivity contribution in [3.63, 3.8) is 0 Å². The van der Waals surface area contributed by atoms with Crippen molar-refractivity contribution in [2.24, 2.45) is 0 Å². The van der Waals surface area contributed by atoms with Gasteiger partial charge in [0.1, 0.15) is 5.57 Å². The van der Waals surface area contributed by atoms with Gasteiger partial charge in [-0.1, -0.05) is 15.9 Å². The highest BCUT2D eigenvalue weighted by Gasteiger charge is 2.41. The Balaban J connectivity index is 2.68. The molecule has 0 N–H and O–H groups in total. The Morgan fingerprint density at radius 2 is 1.38 bits per heavy atom. The monoisotopic (exact) mass is 446 g/mol. The van der Waals surface area contributed by atoms with Crippen LogP contribution in [-0.4, -0.2) is 17.7 Å². The predicted octanol–water partition coefficient (Wildman–Crippen LogP) is 4.71. The van der Waals surface area contributed by atoms with Gasteiger partial charge >= 0.3 is 24.3 Å². The number of carbonyl (C=O) groups excluding carboxylic acids is 2. The SMILES string of the molecule is CC1(C)OC(=O)C(=Cc2cc(C(F)(F)F)c(Br)cc2C(F)(F)F)C(=O)O1. The van der Waals surface area contributed by atoms with Crippen molar-refractivity contribution in [1.29, 1.82) is 0 Å². The van der Waals surface area contributed by atoms with Crippen LogP contribution in [0.4, 0.5) is 26.3 Å². The first-order valence-electron chi connectivity index (χ1n) is 6.78. The molecule has 0 atom stereocenters. The third-order valence-electron chi connectivity index (χ3n) is 3.17. The average Bonchev–Trinajstić information content (AvgIpc) is 2.40. The number of alkyl halides is 6. The van der Waals surface area contributed by atoms with Gasteiger partial charge in [0.2, 0.25) is 0 Å². The minimum absolute atomic E-state index is 0.181. The molecule has 0 spiro atoms. The van der Waals surface area contributed by atoms with E-state index in [9.17, 15) is 35.9 Å². The van der Waals surface area contributed by atoms with Gasteiger partial charge in [-0.25, -0.2) is 9.59 Å². The van der Waals surface area contributed by atoms with E-state index >= 15 is 0 Å². The maximum absolute atomic E-state index is 13.2. The third-order valence-corrected chi connectivity index (χ3v) is 3.82. The summed E-state index contributed by atoms with van der Waals surface area (Å²) >= 11 is 2.45. The molecule has 0 amide bonds. The van der Waals surface area contributed by atoms with Crippen LogP contribution in [-0.2, 0) is 31.4 Å². The lowest BCUT2D eigenvalue weighted by molar-refractivity contribution is -0.222. The van der Waals surface area contributed by atoms with Crippen molar-refractivity contribution < 1.29 is 45.4 Å². The quantitative estimate of drug-likeness (QED) is 0.271. The smallest absolute Gasteiger partial charge is 0.417 e. The van der Waals surface area contributed by atoms with E-state index in [0.717, 1.165) is 0 Å². The first kappa shape index (κ1) is 20.3. The van der Waals surface area contributed by atoms with Gasteiger partial charge in [-0.3, -0.25) is 0 Å². The lowest BCUT2D eigenvalue weighted by Crippen LogP contribution is -2.41. The summed E-state index contributed by atoms with van der Waals surface area (Å²) in [5.41, 5.74) is -4.87. The van der Waals surface area contributed by atoms with Crippen LogP contribution < -0.4 is 0 Å². The summed E-state index contributed by atoms with van der Waals surface area (Å²) in [7, 11) is 0. The highest BCUT2D eigenvalue weighted by molar-refractivity contribution is 9.10. The number of hydrogen-bond donors (Lipinski definition) is 0. The average molecular weight is 447 g/mol. The fraction of sp³-hybridized carbons (Fsp3) is 0.333. The van der Waals surface area contributed by atoms with E-state index in [4.69, 9.17) is 9.47 Å². The van der Waals surface area contributed by atoms with Gasteiger partial charge in [-0.15, -0.1) is 0 Å². The summed E-state index contributed by atoms with van der Waals surface area (Å²) in [6.07, 6.45) is -9.64. The Bertz CT molecular complexity index is 786. The van der Waals surface area contributed by atoms with Crippen molar-refractivity contribution in [1.82, 2.24) is 0 Å². The van der Waals surface area contributed by atoms with E-state index in [2.05, 4.69) is 15.9 Å². The number of hydrogen-bond acceptors (Lipinski definition) is 4. The van der Waals surface area contributed by atoms with Crippen molar-refractivity contribution in [3.8, 4) is 0 Å². The van der Waals surface area contributed by atoms with E-state index in [1.807, 2.05) is 0 Å². The van der Waals surface area contributed by atoms with Crippen LogP contribution in [0, 0.1) is 0 Å². The molecule has 142 valence electrons. The second-order valence-corrected chi connectivity index (χ2v) is 6.51. The predicted molar refractivity (Wildman–Crippen MR) is 78.4 cm³/mol. The molecule has 1 aliphatic rings. The molecule has 0 unspecified atom stereocenters. The second kappa shape index (κ2) is 6.29. The number of halogens is 7. The molecule has 0 saturated carbocycles. The van der Waals surface area contributed by atoms with Gasteiger partial charge < -0.3 is 9.47 Å². The van der Waals surface area contributed by atoms with Crippen molar-refractivity contribution >= 4 is 33.9 Å².